The molecule has 6 heteroatoms. The zero-order chi connectivity index (χ0) is 26.2. The summed E-state index contributed by atoms with van der Waals surface area (Å²) in [5.74, 6) is 0.707. The Bertz CT molecular complexity index is 2410. The molecule has 5 aromatic heterocycles. The van der Waals surface area contributed by atoms with Gasteiger partial charge in [-0.25, -0.2) is 4.98 Å². The molecule has 0 amide bonds. The van der Waals surface area contributed by atoms with Gasteiger partial charge in [0.15, 0.2) is 0 Å². The molecule has 40 heavy (non-hydrogen) atoms. The average molecular weight is 518 g/mol. The summed E-state index contributed by atoms with van der Waals surface area (Å²) in [6.07, 6.45) is 1.83. The second kappa shape index (κ2) is 7.94. The van der Waals surface area contributed by atoms with E-state index < -0.39 is 0 Å². The third-order valence-corrected chi connectivity index (χ3v) is 7.56. The summed E-state index contributed by atoms with van der Waals surface area (Å²) in [4.78, 5) is 11.9. The largest absolute Gasteiger partial charge is 0.456 e. The minimum atomic E-state index is 0.579. The minimum absolute atomic E-state index is 0.579. The van der Waals surface area contributed by atoms with E-state index in [1.165, 1.54) is 0 Å². The topological polar surface area (TPSA) is 68.4 Å². The van der Waals surface area contributed by atoms with Crippen LogP contribution in [0.25, 0.3) is 66.1 Å². The monoisotopic (exact) mass is 517 g/mol. The highest BCUT2D eigenvalue weighted by atomic mass is 16.3. The van der Waals surface area contributed by atoms with Gasteiger partial charge < -0.3 is 13.3 Å². The van der Waals surface area contributed by atoms with Crippen LogP contribution < -0.4 is 4.90 Å². The van der Waals surface area contributed by atoms with Crippen LogP contribution in [0.4, 0.5) is 17.2 Å². The van der Waals surface area contributed by atoms with Crippen LogP contribution in [-0.4, -0.2) is 9.97 Å². The molecule has 9 rings (SSSR count). The SMILES string of the molecule is c1ccc2c(c1)oc1ncc(N(c3ccc4c(n3)oc3ccccc34)c3cccc4oc5ccccc5c34)cc12. The van der Waals surface area contributed by atoms with Crippen molar-refractivity contribution in [1.29, 1.82) is 0 Å². The summed E-state index contributed by atoms with van der Waals surface area (Å²) in [6.45, 7) is 0. The Labute approximate surface area is 226 Å². The van der Waals surface area contributed by atoms with Crippen molar-refractivity contribution in [2.75, 3.05) is 4.90 Å². The fourth-order valence-corrected chi connectivity index (χ4v) is 5.78. The molecule has 4 aromatic carbocycles. The first kappa shape index (κ1) is 21.3. The Morgan fingerprint density at radius 2 is 1.15 bits per heavy atom. The molecule has 6 nitrogen and oxygen atoms in total. The molecule has 0 bridgehead atoms. The van der Waals surface area contributed by atoms with Gasteiger partial charge in [-0.05, 0) is 48.5 Å². The third kappa shape index (κ3) is 2.98. The van der Waals surface area contributed by atoms with Crippen molar-refractivity contribution in [3.63, 3.8) is 0 Å². The summed E-state index contributed by atoms with van der Waals surface area (Å²) in [5, 5.41) is 6.00. The van der Waals surface area contributed by atoms with E-state index in [0.29, 0.717) is 17.2 Å². The van der Waals surface area contributed by atoms with E-state index in [4.69, 9.17) is 23.2 Å². The van der Waals surface area contributed by atoms with E-state index in [1.54, 1.807) is 0 Å². The number of hydrogen-bond donors (Lipinski definition) is 0. The molecule has 0 aliphatic carbocycles. The number of aromatic nitrogens is 2. The number of anilines is 3. The molecule has 0 fully saturated rings. The lowest BCUT2D eigenvalue weighted by Gasteiger charge is -2.24. The van der Waals surface area contributed by atoms with Crippen molar-refractivity contribution in [1.82, 2.24) is 9.97 Å². The van der Waals surface area contributed by atoms with Gasteiger partial charge in [-0.2, -0.15) is 4.98 Å². The van der Waals surface area contributed by atoms with Crippen molar-refractivity contribution in [2.24, 2.45) is 0 Å². The summed E-state index contributed by atoms with van der Waals surface area (Å²) < 4.78 is 18.5. The molecule has 0 spiro atoms. The van der Waals surface area contributed by atoms with Gasteiger partial charge >= 0.3 is 0 Å². The highest BCUT2D eigenvalue weighted by Gasteiger charge is 2.22. The Morgan fingerprint density at radius 3 is 1.95 bits per heavy atom. The molecule has 5 heterocycles. The third-order valence-electron chi connectivity index (χ3n) is 7.56. The zero-order valence-corrected chi connectivity index (χ0v) is 21.0. The first-order valence-electron chi connectivity index (χ1n) is 13.1. The number of rotatable bonds is 3. The van der Waals surface area contributed by atoms with Crippen molar-refractivity contribution in [3.05, 3.63) is 115 Å². The average Bonchev–Trinajstić information content (AvgIpc) is 3.68. The molecule has 0 atom stereocenters. The van der Waals surface area contributed by atoms with Gasteiger partial charge in [0.2, 0.25) is 11.4 Å². The Morgan fingerprint density at radius 1 is 0.500 bits per heavy atom. The van der Waals surface area contributed by atoms with E-state index in [2.05, 4.69) is 41.3 Å². The highest BCUT2D eigenvalue weighted by molar-refractivity contribution is 6.14. The lowest BCUT2D eigenvalue weighted by Crippen LogP contribution is -2.12. The van der Waals surface area contributed by atoms with Gasteiger partial charge in [0.05, 0.1) is 28.3 Å². The van der Waals surface area contributed by atoms with E-state index in [9.17, 15) is 0 Å². The maximum absolute atomic E-state index is 6.24. The molecular formula is C34H19N3O3. The van der Waals surface area contributed by atoms with Gasteiger partial charge in [0.1, 0.15) is 28.1 Å². The zero-order valence-electron chi connectivity index (χ0n) is 21.0. The maximum atomic E-state index is 6.24. The van der Waals surface area contributed by atoms with E-state index >= 15 is 0 Å². The number of para-hydroxylation sites is 3. The first-order chi connectivity index (χ1) is 19.8. The van der Waals surface area contributed by atoms with Crippen LogP contribution in [-0.2, 0) is 0 Å². The van der Waals surface area contributed by atoms with Gasteiger partial charge in [-0.3, -0.25) is 4.90 Å². The van der Waals surface area contributed by atoms with Crippen molar-refractivity contribution < 1.29 is 13.3 Å². The molecule has 188 valence electrons. The van der Waals surface area contributed by atoms with Gasteiger partial charge in [0.25, 0.3) is 0 Å². The molecule has 0 radical (unpaired) electrons. The van der Waals surface area contributed by atoms with Crippen LogP contribution in [0.15, 0.2) is 129 Å². The molecule has 0 unspecified atom stereocenters. The van der Waals surface area contributed by atoms with Gasteiger partial charge in [-0.15, -0.1) is 0 Å². The molecule has 0 saturated carbocycles. The molecular weight excluding hydrogens is 498 g/mol. The van der Waals surface area contributed by atoms with Crippen LogP contribution >= 0.6 is 0 Å². The molecule has 0 aliphatic rings. The predicted octanol–water partition coefficient (Wildman–Crippen LogP) is 9.64. The maximum Gasteiger partial charge on any atom is 0.229 e. The summed E-state index contributed by atoms with van der Waals surface area (Å²) >= 11 is 0. The van der Waals surface area contributed by atoms with Crippen LogP contribution in [0, 0.1) is 0 Å². The van der Waals surface area contributed by atoms with Crippen molar-refractivity contribution in [3.8, 4) is 0 Å². The summed E-state index contributed by atoms with van der Waals surface area (Å²) in [6, 6.07) is 36.4. The van der Waals surface area contributed by atoms with Crippen molar-refractivity contribution in [2.45, 2.75) is 0 Å². The smallest absolute Gasteiger partial charge is 0.229 e. The van der Waals surface area contributed by atoms with E-state index in [1.807, 2.05) is 79.0 Å². The van der Waals surface area contributed by atoms with E-state index in [0.717, 1.165) is 66.0 Å². The van der Waals surface area contributed by atoms with Crippen LogP contribution in [0.1, 0.15) is 0 Å². The molecule has 0 saturated heterocycles. The fourth-order valence-electron chi connectivity index (χ4n) is 5.78. The number of furan rings is 3. The Kier molecular flexibility index (Phi) is 4.24. The second-order valence-electron chi connectivity index (χ2n) is 9.85. The number of benzene rings is 4. The van der Waals surface area contributed by atoms with Crippen molar-refractivity contribution >= 4 is 83.3 Å². The fraction of sp³-hybridized carbons (Fsp3) is 0. The Balaban J connectivity index is 1.36. The predicted molar refractivity (Wildman–Crippen MR) is 159 cm³/mol. The normalized spacial score (nSPS) is 12.0. The first-order valence-corrected chi connectivity index (χ1v) is 13.1. The quantitative estimate of drug-likeness (QED) is 0.232. The number of hydrogen-bond acceptors (Lipinski definition) is 6. The van der Waals surface area contributed by atoms with Crippen LogP contribution in [0.2, 0.25) is 0 Å². The Hall–Kier alpha value is -5.62. The summed E-state index contributed by atoms with van der Waals surface area (Å²) in [7, 11) is 0. The van der Waals surface area contributed by atoms with E-state index in [-0.39, 0.29) is 0 Å². The number of pyridine rings is 2. The number of fused-ring (bicyclic) bond motifs is 9. The molecule has 0 aliphatic heterocycles. The lowest BCUT2D eigenvalue weighted by atomic mass is 10.1. The van der Waals surface area contributed by atoms with Gasteiger partial charge in [-0.1, -0.05) is 60.7 Å². The standard InChI is InChI=1S/C34H19N3O3/c1-4-12-27-21(8-1)23-16-17-31(36-34(23)40-27)37(20-18-25-22-9-2-5-13-28(22)39-33(25)35-19-20)26-11-7-15-30-32(26)24-10-3-6-14-29(24)38-30/h1-19H. The molecule has 9 aromatic rings. The minimum Gasteiger partial charge on any atom is -0.456 e. The second-order valence-corrected chi connectivity index (χ2v) is 9.85. The lowest BCUT2D eigenvalue weighted by molar-refractivity contribution is 0.653. The van der Waals surface area contributed by atoms with Crippen LogP contribution in [0.5, 0.6) is 0 Å². The molecule has 0 N–H and O–H groups in total. The van der Waals surface area contributed by atoms with Gasteiger partial charge in [0, 0.05) is 21.5 Å². The van der Waals surface area contributed by atoms with Crippen LogP contribution in [0.3, 0.4) is 0 Å². The summed E-state index contributed by atoms with van der Waals surface area (Å²) in [5.41, 5.74) is 6.20. The number of nitrogens with zero attached hydrogens (tertiary/aromatic N) is 3. The highest BCUT2D eigenvalue weighted by Crippen LogP contribution is 2.44.